The summed E-state index contributed by atoms with van der Waals surface area (Å²) >= 11 is 0. The van der Waals surface area contributed by atoms with Crippen molar-refractivity contribution in [2.24, 2.45) is 0 Å². The van der Waals surface area contributed by atoms with Crippen molar-refractivity contribution < 1.29 is 14.2 Å². The summed E-state index contributed by atoms with van der Waals surface area (Å²) < 4.78 is 10.4. The van der Waals surface area contributed by atoms with Crippen molar-refractivity contribution in [2.45, 2.75) is 32.2 Å². The molecule has 0 N–H and O–H groups in total. The summed E-state index contributed by atoms with van der Waals surface area (Å²) in [5.41, 5.74) is 5.50. The predicted molar refractivity (Wildman–Crippen MR) is 128 cm³/mol. The number of hydrogen-bond donors (Lipinski definition) is 0. The molecule has 0 amide bonds. The molecule has 1 aliphatic heterocycles. The van der Waals surface area contributed by atoms with E-state index in [1.807, 2.05) is 18.2 Å². The number of rotatable bonds is 5. The fourth-order valence-electron chi connectivity index (χ4n) is 4.65. The van der Waals surface area contributed by atoms with Crippen LogP contribution >= 0.6 is 0 Å². The van der Waals surface area contributed by atoms with Crippen molar-refractivity contribution in [1.29, 1.82) is 0 Å². The molecule has 0 saturated heterocycles. The second kappa shape index (κ2) is 8.90. The Morgan fingerprint density at radius 1 is 0.879 bits per heavy atom. The van der Waals surface area contributed by atoms with Gasteiger partial charge in [-0.25, -0.2) is 4.57 Å². The largest absolute Gasteiger partial charge is 0.492 e. The van der Waals surface area contributed by atoms with Gasteiger partial charge in [0.25, 0.3) is 11.5 Å². The molecule has 0 bridgehead atoms. The van der Waals surface area contributed by atoms with Crippen LogP contribution in [0.3, 0.4) is 0 Å². The maximum atomic E-state index is 10.9. The van der Waals surface area contributed by atoms with Gasteiger partial charge < -0.3 is 4.74 Å². The average molecular weight is 441 g/mol. The van der Waals surface area contributed by atoms with E-state index in [1.165, 1.54) is 30.8 Å². The zero-order valence-corrected chi connectivity index (χ0v) is 18.6. The van der Waals surface area contributed by atoms with E-state index < -0.39 is 0 Å². The van der Waals surface area contributed by atoms with Gasteiger partial charge in [0.15, 0.2) is 17.1 Å². The number of nitro benzene ring substituents is 1. The number of methoxy groups -OCH3 is 1. The summed E-state index contributed by atoms with van der Waals surface area (Å²) in [4.78, 5) is 10.6. The second-order valence-electron chi connectivity index (χ2n) is 8.32. The Kier molecular flexibility index (Phi) is 5.65. The Morgan fingerprint density at radius 3 is 2.24 bits per heavy atom. The minimum Gasteiger partial charge on any atom is -0.492 e. The number of non-ortho nitro benzene ring substituents is 1. The Morgan fingerprint density at radius 2 is 1.55 bits per heavy atom. The van der Waals surface area contributed by atoms with Crippen molar-refractivity contribution in [3.8, 4) is 33.8 Å². The zero-order chi connectivity index (χ0) is 22.8. The molecule has 0 spiro atoms. The summed E-state index contributed by atoms with van der Waals surface area (Å²) in [6, 6.07) is 23.3. The number of imidazole rings is 1. The molecule has 1 aromatic heterocycles. The zero-order valence-electron chi connectivity index (χ0n) is 18.6. The van der Waals surface area contributed by atoms with Crippen molar-refractivity contribution >= 4 is 5.69 Å². The third-order valence-electron chi connectivity index (χ3n) is 6.35. The number of ether oxygens (including phenoxy) is 1. The standard InChI is InChI=1S/C27H26N3O3/c1-33-26-8-5-4-7-24(26)29-19-25(28-18-6-2-3-9-27(28)29)22-12-10-20(11-13-22)21-14-16-23(17-15-21)30(31)32/h4-5,7-8,10-17,19H,2-3,6,9,18H2,1H3/q+1. The monoisotopic (exact) mass is 440 g/mol. The molecule has 6 heteroatoms. The normalized spacial score (nSPS) is 13.2. The Balaban J connectivity index is 1.55. The third-order valence-corrected chi connectivity index (χ3v) is 6.35. The predicted octanol–water partition coefficient (Wildman–Crippen LogP) is 5.74. The first-order valence-electron chi connectivity index (χ1n) is 11.3. The molecule has 33 heavy (non-hydrogen) atoms. The molecule has 3 aromatic carbocycles. The van der Waals surface area contributed by atoms with Gasteiger partial charge in [0.1, 0.15) is 6.20 Å². The number of hydrogen-bond acceptors (Lipinski definition) is 3. The molecule has 0 aliphatic carbocycles. The van der Waals surface area contributed by atoms with E-state index in [9.17, 15) is 10.1 Å². The minimum absolute atomic E-state index is 0.104. The molecule has 2 heterocycles. The highest BCUT2D eigenvalue weighted by molar-refractivity contribution is 5.69. The van der Waals surface area contributed by atoms with Crippen molar-refractivity contribution in [3.05, 3.63) is 94.9 Å². The van der Waals surface area contributed by atoms with Gasteiger partial charge in [0.2, 0.25) is 0 Å². The maximum absolute atomic E-state index is 10.9. The van der Waals surface area contributed by atoms with Crippen LogP contribution in [0.2, 0.25) is 0 Å². The van der Waals surface area contributed by atoms with E-state index >= 15 is 0 Å². The van der Waals surface area contributed by atoms with Gasteiger partial charge in [-0.3, -0.25) is 10.1 Å². The van der Waals surface area contributed by atoms with Gasteiger partial charge in [-0.2, -0.15) is 4.57 Å². The van der Waals surface area contributed by atoms with Gasteiger partial charge in [-0.15, -0.1) is 0 Å². The van der Waals surface area contributed by atoms with Crippen molar-refractivity contribution in [3.63, 3.8) is 0 Å². The SMILES string of the molecule is COc1ccccc1-[n+]1cc(-c2ccc(-c3ccc([N+](=O)[O-])cc3)cc2)n2c1CCCCC2. The van der Waals surface area contributed by atoms with Crippen LogP contribution in [0.25, 0.3) is 28.1 Å². The van der Waals surface area contributed by atoms with E-state index in [-0.39, 0.29) is 10.6 Å². The number of nitro groups is 1. The van der Waals surface area contributed by atoms with Gasteiger partial charge in [0.05, 0.1) is 18.6 Å². The Hall–Kier alpha value is -3.93. The smallest absolute Gasteiger partial charge is 0.269 e. The second-order valence-corrected chi connectivity index (χ2v) is 8.32. The maximum Gasteiger partial charge on any atom is 0.269 e. The molecule has 0 unspecified atom stereocenters. The van der Waals surface area contributed by atoms with E-state index in [0.717, 1.165) is 41.1 Å². The lowest BCUT2D eigenvalue weighted by molar-refractivity contribution is -0.604. The van der Waals surface area contributed by atoms with Crippen LogP contribution in [0, 0.1) is 10.1 Å². The summed E-state index contributed by atoms with van der Waals surface area (Å²) in [6.07, 6.45) is 6.82. The molecular formula is C27H26N3O3+. The van der Waals surface area contributed by atoms with Gasteiger partial charge in [-0.1, -0.05) is 24.3 Å². The summed E-state index contributed by atoms with van der Waals surface area (Å²) in [6.45, 7) is 0.997. The highest BCUT2D eigenvalue weighted by atomic mass is 16.6. The summed E-state index contributed by atoms with van der Waals surface area (Å²) in [5, 5.41) is 10.9. The van der Waals surface area contributed by atoms with Crippen LogP contribution in [0.4, 0.5) is 5.69 Å². The first-order chi connectivity index (χ1) is 16.2. The lowest BCUT2D eigenvalue weighted by Gasteiger charge is -2.06. The number of para-hydroxylation sites is 2. The molecule has 166 valence electrons. The number of benzene rings is 3. The van der Waals surface area contributed by atoms with Crippen LogP contribution in [-0.2, 0) is 13.0 Å². The van der Waals surface area contributed by atoms with E-state index in [2.05, 4.69) is 45.7 Å². The topological polar surface area (TPSA) is 61.2 Å². The van der Waals surface area contributed by atoms with Crippen LogP contribution in [0.1, 0.15) is 25.1 Å². The van der Waals surface area contributed by atoms with Gasteiger partial charge in [0, 0.05) is 24.1 Å². The molecule has 0 radical (unpaired) electrons. The summed E-state index contributed by atoms with van der Waals surface area (Å²) in [5.74, 6) is 2.16. The quantitative estimate of drug-likeness (QED) is 0.226. The average Bonchev–Trinajstić information content (AvgIpc) is 3.04. The lowest BCUT2D eigenvalue weighted by atomic mass is 10.0. The van der Waals surface area contributed by atoms with Crippen LogP contribution in [0.5, 0.6) is 5.75 Å². The van der Waals surface area contributed by atoms with E-state index in [0.29, 0.717) is 0 Å². The Labute approximate surface area is 192 Å². The highest BCUT2D eigenvalue weighted by Crippen LogP contribution is 2.29. The first-order valence-corrected chi connectivity index (χ1v) is 11.3. The van der Waals surface area contributed by atoms with Crippen molar-refractivity contribution in [1.82, 2.24) is 4.57 Å². The fourth-order valence-corrected chi connectivity index (χ4v) is 4.65. The third kappa shape index (κ3) is 4.00. The summed E-state index contributed by atoms with van der Waals surface area (Å²) in [7, 11) is 1.71. The van der Waals surface area contributed by atoms with Crippen LogP contribution < -0.4 is 9.30 Å². The van der Waals surface area contributed by atoms with Crippen LogP contribution in [0.15, 0.2) is 79.0 Å². The first kappa shape index (κ1) is 20.9. The molecule has 0 atom stereocenters. The molecule has 4 aromatic rings. The molecule has 0 fully saturated rings. The van der Waals surface area contributed by atoms with Gasteiger partial charge >= 0.3 is 0 Å². The fraction of sp³-hybridized carbons (Fsp3) is 0.222. The molecule has 0 saturated carbocycles. The van der Waals surface area contributed by atoms with Crippen molar-refractivity contribution in [2.75, 3.05) is 7.11 Å². The van der Waals surface area contributed by atoms with E-state index in [4.69, 9.17) is 4.74 Å². The molecular weight excluding hydrogens is 414 g/mol. The molecule has 6 nitrogen and oxygen atoms in total. The Bertz CT molecular complexity index is 1290. The number of aromatic nitrogens is 2. The molecule has 5 rings (SSSR count). The number of nitrogens with zero attached hydrogens (tertiary/aromatic N) is 3. The minimum atomic E-state index is -0.373. The van der Waals surface area contributed by atoms with Crippen LogP contribution in [-0.4, -0.2) is 16.6 Å². The number of fused-ring (bicyclic) bond motifs is 1. The van der Waals surface area contributed by atoms with Gasteiger partial charge in [-0.05, 0) is 66.8 Å². The van der Waals surface area contributed by atoms with E-state index in [1.54, 1.807) is 31.4 Å². The lowest BCUT2D eigenvalue weighted by Crippen LogP contribution is -2.34. The molecule has 1 aliphatic rings. The highest BCUT2D eigenvalue weighted by Gasteiger charge is 2.28.